The second-order valence-corrected chi connectivity index (χ2v) is 6.59. The molecule has 0 radical (unpaired) electrons. The van der Waals surface area contributed by atoms with Gasteiger partial charge in [0.05, 0.1) is 6.26 Å². The molecule has 0 saturated heterocycles. The summed E-state index contributed by atoms with van der Waals surface area (Å²) in [6.45, 7) is 5.58. The zero-order valence-electron chi connectivity index (χ0n) is 15.9. The fraction of sp³-hybridized carbons (Fsp3) is 0.190. The van der Waals surface area contributed by atoms with Gasteiger partial charge < -0.3 is 20.0 Å². The molecule has 7 nitrogen and oxygen atoms in total. The van der Waals surface area contributed by atoms with E-state index in [0.29, 0.717) is 16.8 Å². The van der Waals surface area contributed by atoms with E-state index in [2.05, 4.69) is 15.6 Å². The third-order valence-electron chi connectivity index (χ3n) is 4.41. The minimum atomic E-state index is -0.396. The van der Waals surface area contributed by atoms with Crippen molar-refractivity contribution < 1.29 is 14.0 Å². The first kappa shape index (κ1) is 19.2. The SMILES string of the molecule is Cc1cc(C)c(CNC(=O)c2ccc(C)c(NC(=O)c3ccco3)c2)c(=O)[nH]1. The Hall–Kier alpha value is -3.61. The highest BCUT2D eigenvalue weighted by atomic mass is 16.3. The van der Waals surface area contributed by atoms with Crippen molar-refractivity contribution in [2.24, 2.45) is 0 Å². The van der Waals surface area contributed by atoms with Crippen LogP contribution in [0.1, 0.15) is 43.3 Å². The minimum absolute atomic E-state index is 0.113. The van der Waals surface area contributed by atoms with Crippen molar-refractivity contribution in [2.75, 3.05) is 5.32 Å². The number of aromatic amines is 1. The van der Waals surface area contributed by atoms with E-state index in [1.807, 2.05) is 26.8 Å². The van der Waals surface area contributed by atoms with Gasteiger partial charge in [0, 0.05) is 29.1 Å². The van der Waals surface area contributed by atoms with Crippen LogP contribution in [0.4, 0.5) is 5.69 Å². The van der Waals surface area contributed by atoms with E-state index in [-0.39, 0.29) is 23.8 Å². The molecule has 3 aromatic rings. The fourth-order valence-electron chi connectivity index (χ4n) is 2.86. The predicted molar refractivity (Wildman–Crippen MR) is 106 cm³/mol. The number of benzene rings is 1. The molecule has 3 N–H and O–H groups in total. The second-order valence-electron chi connectivity index (χ2n) is 6.59. The Morgan fingerprint density at radius 2 is 1.82 bits per heavy atom. The highest BCUT2D eigenvalue weighted by molar-refractivity contribution is 6.03. The van der Waals surface area contributed by atoms with Gasteiger partial charge in [0.25, 0.3) is 17.4 Å². The Balaban J connectivity index is 1.74. The standard InChI is InChI=1S/C21H21N3O4/c1-12-6-7-15(10-17(12)24-21(27)18-5-4-8-28-18)19(25)22-11-16-13(2)9-14(3)23-20(16)26/h4-10H,11H2,1-3H3,(H,22,25)(H,23,26)(H,24,27). The summed E-state index contributed by atoms with van der Waals surface area (Å²) >= 11 is 0. The third-order valence-corrected chi connectivity index (χ3v) is 4.41. The van der Waals surface area contributed by atoms with Gasteiger partial charge in [-0.3, -0.25) is 14.4 Å². The van der Waals surface area contributed by atoms with Gasteiger partial charge in [0.15, 0.2) is 5.76 Å². The van der Waals surface area contributed by atoms with Gasteiger partial charge >= 0.3 is 0 Å². The van der Waals surface area contributed by atoms with Crippen LogP contribution in [0, 0.1) is 20.8 Å². The minimum Gasteiger partial charge on any atom is -0.459 e. The van der Waals surface area contributed by atoms with Crippen LogP contribution < -0.4 is 16.2 Å². The number of anilines is 1. The largest absolute Gasteiger partial charge is 0.459 e. The van der Waals surface area contributed by atoms with E-state index >= 15 is 0 Å². The monoisotopic (exact) mass is 379 g/mol. The Morgan fingerprint density at radius 3 is 2.50 bits per heavy atom. The molecule has 2 aromatic heterocycles. The maximum Gasteiger partial charge on any atom is 0.291 e. The van der Waals surface area contributed by atoms with Crippen LogP contribution in [0.2, 0.25) is 0 Å². The third kappa shape index (κ3) is 4.20. The van der Waals surface area contributed by atoms with Gasteiger partial charge in [-0.15, -0.1) is 0 Å². The van der Waals surface area contributed by atoms with Crippen molar-refractivity contribution in [1.29, 1.82) is 0 Å². The first-order chi connectivity index (χ1) is 13.3. The maximum absolute atomic E-state index is 12.5. The molecule has 0 spiro atoms. The lowest BCUT2D eigenvalue weighted by Gasteiger charge is -2.11. The summed E-state index contributed by atoms with van der Waals surface area (Å²) in [4.78, 5) is 39.5. The van der Waals surface area contributed by atoms with Crippen LogP contribution in [0.25, 0.3) is 0 Å². The summed E-state index contributed by atoms with van der Waals surface area (Å²) in [7, 11) is 0. The highest BCUT2D eigenvalue weighted by Gasteiger charge is 2.14. The molecule has 0 fully saturated rings. The van der Waals surface area contributed by atoms with Crippen molar-refractivity contribution in [1.82, 2.24) is 10.3 Å². The van der Waals surface area contributed by atoms with Crippen molar-refractivity contribution in [3.8, 4) is 0 Å². The van der Waals surface area contributed by atoms with Crippen LogP contribution in [-0.4, -0.2) is 16.8 Å². The lowest BCUT2D eigenvalue weighted by Crippen LogP contribution is -2.28. The maximum atomic E-state index is 12.5. The second kappa shape index (κ2) is 7.96. The van der Waals surface area contributed by atoms with E-state index < -0.39 is 5.91 Å². The molecule has 2 amide bonds. The van der Waals surface area contributed by atoms with Gasteiger partial charge in [-0.05, 0) is 62.2 Å². The smallest absolute Gasteiger partial charge is 0.291 e. The Labute approximate surface area is 161 Å². The van der Waals surface area contributed by atoms with E-state index in [4.69, 9.17) is 4.42 Å². The van der Waals surface area contributed by atoms with Gasteiger partial charge in [-0.25, -0.2) is 0 Å². The van der Waals surface area contributed by atoms with E-state index in [1.165, 1.54) is 6.26 Å². The van der Waals surface area contributed by atoms with Gasteiger partial charge in [-0.2, -0.15) is 0 Å². The van der Waals surface area contributed by atoms with Crippen molar-refractivity contribution >= 4 is 17.5 Å². The Kier molecular flexibility index (Phi) is 5.44. The average molecular weight is 379 g/mol. The number of hydrogen-bond donors (Lipinski definition) is 3. The van der Waals surface area contributed by atoms with Crippen LogP contribution in [0.15, 0.2) is 51.9 Å². The van der Waals surface area contributed by atoms with Crippen LogP contribution in [0.5, 0.6) is 0 Å². The number of aryl methyl sites for hydroxylation is 3. The number of amides is 2. The normalized spacial score (nSPS) is 10.5. The number of carbonyl (C=O) groups is 2. The molecular formula is C21H21N3O4. The van der Waals surface area contributed by atoms with Crippen molar-refractivity contribution in [3.63, 3.8) is 0 Å². The fourth-order valence-corrected chi connectivity index (χ4v) is 2.86. The lowest BCUT2D eigenvalue weighted by molar-refractivity contribution is 0.0948. The summed E-state index contributed by atoms with van der Waals surface area (Å²) in [5.41, 5.74) is 3.58. The average Bonchev–Trinajstić information content (AvgIpc) is 3.17. The van der Waals surface area contributed by atoms with Crippen molar-refractivity contribution in [2.45, 2.75) is 27.3 Å². The summed E-state index contributed by atoms with van der Waals surface area (Å²) in [6.07, 6.45) is 1.42. The van der Waals surface area contributed by atoms with Crippen LogP contribution in [0.3, 0.4) is 0 Å². The topological polar surface area (TPSA) is 104 Å². The molecule has 0 aliphatic heterocycles. The molecule has 0 aliphatic rings. The number of carbonyl (C=O) groups excluding carboxylic acids is 2. The zero-order chi connectivity index (χ0) is 20.3. The highest BCUT2D eigenvalue weighted by Crippen LogP contribution is 2.18. The summed E-state index contributed by atoms with van der Waals surface area (Å²) in [5, 5.41) is 5.49. The van der Waals surface area contributed by atoms with Crippen LogP contribution >= 0.6 is 0 Å². The van der Waals surface area contributed by atoms with Gasteiger partial charge in [0.1, 0.15) is 0 Å². The molecule has 7 heteroatoms. The summed E-state index contributed by atoms with van der Waals surface area (Å²) in [6, 6.07) is 10.0. The first-order valence-electron chi connectivity index (χ1n) is 8.78. The molecule has 2 heterocycles. The molecule has 144 valence electrons. The van der Waals surface area contributed by atoms with E-state index in [1.54, 1.807) is 30.3 Å². The number of rotatable bonds is 5. The predicted octanol–water partition coefficient (Wildman–Crippen LogP) is 3.08. The molecule has 28 heavy (non-hydrogen) atoms. The summed E-state index contributed by atoms with van der Waals surface area (Å²) in [5.74, 6) is -0.552. The molecule has 0 bridgehead atoms. The molecule has 3 rings (SSSR count). The molecule has 1 aromatic carbocycles. The number of nitrogens with one attached hydrogen (secondary N) is 3. The lowest BCUT2D eigenvalue weighted by atomic mass is 10.1. The van der Waals surface area contributed by atoms with Crippen LogP contribution in [-0.2, 0) is 6.54 Å². The van der Waals surface area contributed by atoms with Gasteiger partial charge in [0.2, 0.25) is 0 Å². The molecule has 0 atom stereocenters. The molecule has 0 saturated carbocycles. The Morgan fingerprint density at radius 1 is 1.04 bits per heavy atom. The van der Waals surface area contributed by atoms with E-state index in [0.717, 1.165) is 16.8 Å². The number of H-pyrrole nitrogens is 1. The first-order valence-corrected chi connectivity index (χ1v) is 8.78. The Bertz CT molecular complexity index is 1080. The van der Waals surface area contributed by atoms with Gasteiger partial charge in [-0.1, -0.05) is 6.07 Å². The zero-order valence-corrected chi connectivity index (χ0v) is 15.9. The molecule has 0 aliphatic carbocycles. The molecule has 0 unspecified atom stereocenters. The number of hydrogen-bond acceptors (Lipinski definition) is 4. The van der Waals surface area contributed by atoms with Crippen molar-refractivity contribution in [3.05, 3.63) is 86.7 Å². The van der Waals surface area contributed by atoms with E-state index in [9.17, 15) is 14.4 Å². The quantitative estimate of drug-likeness (QED) is 0.634. The summed E-state index contributed by atoms with van der Waals surface area (Å²) < 4.78 is 5.08. The number of aromatic nitrogens is 1. The molecular weight excluding hydrogens is 358 g/mol. The number of furan rings is 1. The number of pyridine rings is 1.